The van der Waals surface area contributed by atoms with E-state index in [1.54, 1.807) is 0 Å². The number of carbonyl (C=O) groups excluding carboxylic acids is 1. The minimum absolute atomic E-state index is 0.359. The Balaban J connectivity index is 3.15. The fourth-order valence-electron chi connectivity index (χ4n) is 0.973. The van der Waals surface area contributed by atoms with Crippen molar-refractivity contribution in [1.29, 1.82) is 0 Å². The van der Waals surface area contributed by atoms with Gasteiger partial charge >= 0.3 is 0 Å². The highest BCUT2D eigenvalue weighted by Gasteiger charge is 1.99. The summed E-state index contributed by atoms with van der Waals surface area (Å²) in [5.41, 5.74) is 0. The number of hydrogen-bond acceptors (Lipinski definition) is 2. The molecule has 0 saturated heterocycles. The van der Waals surface area contributed by atoms with Gasteiger partial charge < -0.3 is 5.32 Å². The molecule has 0 bridgehead atoms. The van der Waals surface area contributed by atoms with Gasteiger partial charge in [-0.1, -0.05) is 13.0 Å². The Hall–Kier alpha value is -0.630. The Morgan fingerprint density at radius 1 is 1.50 bits per heavy atom. The van der Waals surface area contributed by atoms with Crippen molar-refractivity contribution in [1.82, 2.24) is 5.32 Å². The van der Waals surface area contributed by atoms with Crippen molar-refractivity contribution in [3.05, 3.63) is 12.7 Å². The molecule has 12 heavy (non-hydrogen) atoms. The minimum atomic E-state index is 0.359. The van der Waals surface area contributed by atoms with Crippen molar-refractivity contribution in [2.24, 2.45) is 0 Å². The summed E-state index contributed by atoms with van der Waals surface area (Å²) in [5.74, 6) is 0.359. The lowest BCUT2D eigenvalue weighted by Gasteiger charge is -2.00. The molecule has 0 radical (unpaired) electrons. The van der Waals surface area contributed by atoms with Gasteiger partial charge in [0.2, 0.25) is 0 Å². The van der Waals surface area contributed by atoms with Gasteiger partial charge in [0.05, 0.1) is 0 Å². The highest BCUT2D eigenvalue weighted by molar-refractivity contribution is 5.78. The van der Waals surface area contributed by atoms with Crippen LogP contribution >= 0.6 is 0 Å². The zero-order valence-corrected chi connectivity index (χ0v) is 7.94. The minimum Gasteiger partial charge on any atom is -0.317 e. The Morgan fingerprint density at radius 3 is 2.83 bits per heavy atom. The third-order valence-electron chi connectivity index (χ3n) is 1.69. The van der Waals surface area contributed by atoms with Gasteiger partial charge in [0.1, 0.15) is 5.78 Å². The van der Waals surface area contributed by atoms with Crippen LogP contribution in [0.25, 0.3) is 0 Å². The summed E-state index contributed by atoms with van der Waals surface area (Å²) < 4.78 is 0. The molecule has 0 amide bonds. The van der Waals surface area contributed by atoms with E-state index in [1.165, 1.54) is 0 Å². The van der Waals surface area contributed by atoms with Gasteiger partial charge in [-0.15, -0.1) is 6.58 Å². The molecule has 2 heteroatoms. The van der Waals surface area contributed by atoms with Crippen LogP contribution in [-0.2, 0) is 4.79 Å². The predicted molar refractivity (Wildman–Crippen MR) is 52.2 cm³/mol. The van der Waals surface area contributed by atoms with Crippen LogP contribution in [0.3, 0.4) is 0 Å². The number of ketones is 1. The smallest absolute Gasteiger partial charge is 0.134 e. The number of nitrogens with one attached hydrogen (secondary N) is 1. The van der Waals surface area contributed by atoms with Gasteiger partial charge in [-0.2, -0.15) is 0 Å². The van der Waals surface area contributed by atoms with Crippen LogP contribution < -0.4 is 5.32 Å². The van der Waals surface area contributed by atoms with Crippen molar-refractivity contribution >= 4 is 5.78 Å². The van der Waals surface area contributed by atoms with Gasteiger partial charge in [0, 0.05) is 19.4 Å². The second-order valence-electron chi connectivity index (χ2n) is 2.82. The molecule has 0 heterocycles. The molecule has 0 aliphatic carbocycles. The molecule has 70 valence electrons. The van der Waals surface area contributed by atoms with Gasteiger partial charge in [-0.25, -0.2) is 0 Å². The Bertz CT molecular complexity index is 132. The molecule has 0 rings (SSSR count). The molecule has 0 aromatic heterocycles. The molecule has 0 spiro atoms. The second kappa shape index (κ2) is 8.47. The third kappa shape index (κ3) is 7.48. The van der Waals surface area contributed by atoms with Crippen molar-refractivity contribution < 1.29 is 4.79 Å². The maximum atomic E-state index is 11.1. The summed E-state index contributed by atoms with van der Waals surface area (Å²) in [6.07, 6.45) is 5.14. The molecular formula is C10H19NO. The highest BCUT2D eigenvalue weighted by Crippen LogP contribution is 1.98. The number of hydrogen-bond donors (Lipinski definition) is 1. The first-order chi connectivity index (χ1) is 5.81. The molecule has 0 saturated carbocycles. The molecule has 0 aliphatic rings. The van der Waals surface area contributed by atoms with Crippen LogP contribution in [0.1, 0.15) is 32.6 Å². The van der Waals surface area contributed by atoms with E-state index in [9.17, 15) is 4.79 Å². The number of rotatable bonds is 8. The van der Waals surface area contributed by atoms with E-state index < -0.39 is 0 Å². The number of carbonyl (C=O) groups is 1. The van der Waals surface area contributed by atoms with E-state index in [0.29, 0.717) is 18.6 Å². The predicted octanol–water partition coefficient (Wildman–Crippen LogP) is 1.91. The van der Waals surface area contributed by atoms with Crippen molar-refractivity contribution in [3.63, 3.8) is 0 Å². The zero-order valence-electron chi connectivity index (χ0n) is 7.94. The second-order valence-corrected chi connectivity index (χ2v) is 2.82. The summed E-state index contributed by atoms with van der Waals surface area (Å²) in [4.78, 5) is 11.1. The Kier molecular flexibility index (Phi) is 8.02. The van der Waals surface area contributed by atoms with Gasteiger partial charge in [-0.3, -0.25) is 4.79 Å². The summed E-state index contributed by atoms with van der Waals surface area (Å²) in [6, 6.07) is 0. The molecule has 2 nitrogen and oxygen atoms in total. The molecule has 0 atom stereocenters. The zero-order chi connectivity index (χ0) is 9.23. The molecule has 0 fully saturated rings. The van der Waals surface area contributed by atoms with Gasteiger partial charge in [0.25, 0.3) is 0 Å². The largest absolute Gasteiger partial charge is 0.317 e. The SMILES string of the molecule is C=CCCCC(=O)CCNCC. The lowest BCUT2D eigenvalue weighted by molar-refractivity contribution is -0.119. The highest BCUT2D eigenvalue weighted by atomic mass is 16.1. The van der Waals surface area contributed by atoms with E-state index in [0.717, 1.165) is 25.9 Å². The maximum absolute atomic E-state index is 11.1. The Labute approximate surface area is 75.0 Å². The summed E-state index contributed by atoms with van der Waals surface area (Å²) in [7, 11) is 0. The van der Waals surface area contributed by atoms with Crippen LogP contribution in [0.15, 0.2) is 12.7 Å². The van der Waals surface area contributed by atoms with Crippen LogP contribution in [0.4, 0.5) is 0 Å². The van der Waals surface area contributed by atoms with Crippen LogP contribution in [0, 0.1) is 0 Å². The van der Waals surface area contributed by atoms with Crippen LogP contribution in [0.2, 0.25) is 0 Å². The first-order valence-corrected chi connectivity index (χ1v) is 4.64. The van der Waals surface area contributed by atoms with E-state index in [4.69, 9.17) is 0 Å². The number of allylic oxidation sites excluding steroid dienone is 1. The summed E-state index contributed by atoms with van der Waals surface area (Å²) in [5, 5.41) is 3.13. The molecule has 0 aromatic rings. The molecule has 0 aliphatic heterocycles. The summed E-state index contributed by atoms with van der Waals surface area (Å²) in [6.45, 7) is 7.42. The van der Waals surface area contributed by atoms with E-state index in [1.807, 2.05) is 13.0 Å². The number of Topliss-reactive ketones (excluding diaryl/α,β-unsaturated/α-hetero) is 1. The topological polar surface area (TPSA) is 29.1 Å². The van der Waals surface area contributed by atoms with Crippen LogP contribution in [-0.4, -0.2) is 18.9 Å². The average Bonchev–Trinajstić information content (AvgIpc) is 2.06. The fraction of sp³-hybridized carbons (Fsp3) is 0.700. The molecular weight excluding hydrogens is 150 g/mol. The standard InChI is InChI=1S/C10H19NO/c1-3-5-6-7-10(12)8-9-11-4-2/h3,11H,1,4-9H2,2H3. The maximum Gasteiger partial charge on any atom is 0.134 e. The molecule has 0 unspecified atom stereocenters. The Morgan fingerprint density at radius 2 is 2.25 bits per heavy atom. The fourth-order valence-corrected chi connectivity index (χ4v) is 0.973. The summed E-state index contributed by atoms with van der Waals surface area (Å²) >= 11 is 0. The van der Waals surface area contributed by atoms with Crippen molar-refractivity contribution in [2.75, 3.05) is 13.1 Å². The van der Waals surface area contributed by atoms with Gasteiger partial charge in [-0.05, 0) is 19.4 Å². The normalized spacial score (nSPS) is 9.75. The van der Waals surface area contributed by atoms with E-state index in [-0.39, 0.29) is 0 Å². The van der Waals surface area contributed by atoms with Crippen molar-refractivity contribution in [2.45, 2.75) is 32.6 Å². The lowest BCUT2D eigenvalue weighted by atomic mass is 10.1. The van der Waals surface area contributed by atoms with Crippen molar-refractivity contribution in [3.8, 4) is 0 Å². The first kappa shape index (κ1) is 11.4. The van der Waals surface area contributed by atoms with E-state index >= 15 is 0 Å². The molecule has 1 N–H and O–H groups in total. The third-order valence-corrected chi connectivity index (χ3v) is 1.69. The van der Waals surface area contributed by atoms with E-state index in [2.05, 4.69) is 11.9 Å². The van der Waals surface area contributed by atoms with Gasteiger partial charge in [0.15, 0.2) is 0 Å². The van der Waals surface area contributed by atoms with Crippen LogP contribution in [0.5, 0.6) is 0 Å². The quantitative estimate of drug-likeness (QED) is 0.444. The number of unbranched alkanes of at least 4 members (excludes halogenated alkanes) is 1. The first-order valence-electron chi connectivity index (χ1n) is 4.64. The average molecular weight is 169 g/mol. The molecule has 0 aromatic carbocycles. The monoisotopic (exact) mass is 169 g/mol. The lowest BCUT2D eigenvalue weighted by Crippen LogP contribution is -2.17.